The van der Waals surface area contributed by atoms with Gasteiger partial charge in [-0.05, 0) is 63.1 Å². The summed E-state index contributed by atoms with van der Waals surface area (Å²) >= 11 is 0. The Labute approximate surface area is 175 Å². The highest BCUT2D eigenvalue weighted by Gasteiger charge is 2.23. The van der Waals surface area contributed by atoms with Crippen molar-refractivity contribution in [2.24, 2.45) is 11.8 Å². The number of unbranched alkanes of at least 4 members (excludes halogenated alkanes) is 2. The fraction of sp³-hybridized carbons (Fsp3) is 0.583. The van der Waals surface area contributed by atoms with Gasteiger partial charge in [0.1, 0.15) is 0 Å². The molecule has 1 aliphatic rings. The molecule has 2 aromatic rings. The largest absolute Gasteiger partial charge is 0.346 e. The highest BCUT2D eigenvalue weighted by atomic mass is 16.2. The molecule has 29 heavy (non-hydrogen) atoms. The molecule has 0 saturated carbocycles. The van der Waals surface area contributed by atoms with Crippen molar-refractivity contribution in [1.29, 1.82) is 0 Å². The van der Waals surface area contributed by atoms with Crippen LogP contribution in [0.5, 0.6) is 0 Å². The number of nitrogens with zero attached hydrogens (tertiary/aromatic N) is 2. The summed E-state index contributed by atoms with van der Waals surface area (Å²) in [6.07, 6.45) is 7.41. The molecule has 0 aliphatic carbocycles. The van der Waals surface area contributed by atoms with Crippen LogP contribution in [0.25, 0.3) is 11.3 Å². The zero-order valence-corrected chi connectivity index (χ0v) is 18.0. The van der Waals surface area contributed by atoms with Gasteiger partial charge in [-0.1, -0.05) is 43.7 Å². The summed E-state index contributed by atoms with van der Waals surface area (Å²) in [6.45, 7) is 5.30. The molecule has 1 amide bonds. The Morgan fingerprint density at radius 1 is 1.17 bits per heavy atom. The van der Waals surface area contributed by atoms with E-state index in [4.69, 9.17) is 0 Å². The number of amides is 1. The van der Waals surface area contributed by atoms with Crippen molar-refractivity contribution in [2.45, 2.75) is 51.9 Å². The van der Waals surface area contributed by atoms with Crippen LogP contribution in [-0.2, 0) is 11.2 Å². The van der Waals surface area contributed by atoms with Crippen molar-refractivity contribution >= 4 is 5.91 Å². The number of rotatable bonds is 10. The Balaban J connectivity index is 1.31. The highest BCUT2D eigenvalue weighted by molar-refractivity contribution is 5.76. The van der Waals surface area contributed by atoms with Crippen LogP contribution in [0.15, 0.2) is 36.4 Å². The van der Waals surface area contributed by atoms with Gasteiger partial charge in [0, 0.05) is 31.3 Å². The topological polar surface area (TPSA) is 61.0 Å². The average molecular weight is 397 g/mol. The first-order valence-corrected chi connectivity index (χ1v) is 11.2. The fourth-order valence-electron chi connectivity index (χ4n) is 4.22. The van der Waals surface area contributed by atoms with Crippen molar-refractivity contribution in [3.05, 3.63) is 42.1 Å². The summed E-state index contributed by atoms with van der Waals surface area (Å²) in [5.74, 6) is 1.49. The van der Waals surface area contributed by atoms with Gasteiger partial charge in [0.15, 0.2) is 0 Å². The molecule has 5 heteroatoms. The van der Waals surface area contributed by atoms with Gasteiger partial charge in [0.05, 0.1) is 5.69 Å². The SMILES string of the molecule is CC(CC(=O)N(C)CCCCCc1cc(-c2ccccc2)n[nH]1)C1CCNCC1. The molecule has 1 aliphatic heterocycles. The molecule has 2 N–H and O–H groups in total. The number of hydrogen-bond donors (Lipinski definition) is 2. The van der Waals surface area contributed by atoms with Crippen LogP contribution < -0.4 is 5.32 Å². The first-order valence-electron chi connectivity index (χ1n) is 11.2. The maximum Gasteiger partial charge on any atom is 0.222 e. The van der Waals surface area contributed by atoms with Crippen molar-refractivity contribution in [3.8, 4) is 11.3 Å². The van der Waals surface area contributed by atoms with E-state index in [1.54, 1.807) is 0 Å². The number of nitrogens with one attached hydrogen (secondary N) is 2. The van der Waals surface area contributed by atoms with E-state index in [9.17, 15) is 4.79 Å². The van der Waals surface area contributed by atoms with Gasteiger partial charge in [0.25, 0.3) is 0 Å². The quantitative estimate of drug-likeness (QED) is 0.590. The van der Waals surface area contributed by atoms with Crippen molar-refractivity contribution in [3.63, 3.8) is 0 Å². The molecule has 3 rings (SSSR count). The number of benzene rings is 1. The van der Waals surface area contributed by atoms with E-state index < -0.39 is 0 Å². The zero-order chi connectivity index (χ0) is 20.5. The number of aromatic amines is 1. The number of carbonyl (C=O) groups excluding carboxylic acids is 1. The van der Waals surface area contributed by atoms with E-state index >= 15 is 0 Å². The molecule has 0 spiro atoms. The van der Waals surface area contributed by atoms with E-state index in [-0.39, 0.29) is 0 Å². The molecular formula is C24H36N4O. The van der Waals surface area contributed by atoms with Gasteiger partial charge in [-0.3, -0.25) is 9.89 Å². The van der Waals surface area contributed by atoms with E-state index in [1.165, 1.54) is 18.5 Å². The average Bonchev–Trinajstić information content (AvgIpc) is 3.23. The lowest BCUT2D eigenvalue weighted by Crippen LogP contribution is -2.34. The molecule has 1 atom stereocenters. The lowest BCUT2D eigenvalue weighted by molar-refractivity contribution is -0.131. The third-order valence-electron chi connectivity index (χ3n) is 6.25. The first-order chi connectivity index (χ1) is 14.1. The van der Waals surface area contributed by atoms with E-state index in [1.807, 2.05) is 30.1 Å². The van der Waals surface area contributed by atoms with E-state index in [0.717, 1.165) is 56.6 Å². The first kappa shape index (κ1) is 21.6. The highest BCUT2D eigenvalue weighted by Crippen LogP contribution is 2.25. The predicted octanol–water partition coefficient (Wildman–Crippen LogP) is 4.27. The normalized spacial score (nSPS) is 15.9. The number of H-pyrrole nitrogens is 1. The number of piperidine rings is 1. The van der Waals surface area contributed by atoms with Crippen molar-refractivity contribution in [1.82, 2.24) is 20.4 Å². The Kier molecular flexibility index (Phi) is 8.29. The van der Waals surface area contributed by atoms with Crippen LogP contribution in [0, 0.1) is 11.8 Å². The number of hydrogen-bond acceptors (Lipinski definition) is 3. The predicted molar refractivity (Wildman–Crippen MR) is 119 cm³/mol. The summed E-state index contributed by atoms with van der Waals surface area (Å²) in [6, 6.07) is 12.4. The number of aromatic nitrogens is 2. The molecule has 1 aromatic heterocycles. The standard InChI is InChI=1S/C24H36N4O/c1-19(20-12-14-25-15-13-20)17-24(29)28(2)16-8-4-7-11-22-18-23(27-26-22)21-9-5-3-6-10-21/h3,5-6,9-10,18-20,25H,4,7-8,11-17H2,1-2H3,(H,26,27). The maximum absolute atomic E-state index is 12.5. The summed E-state index contributed by atoms with van der Waals surface area (Å²) in [7, 11) is 1.96. The molecule has 0 bridgehead atoms. The van der Waals surface area contributed by atoms with E-state index in [0.29, 0.717) is 24.2 Å². The van der Waals surface area contributed by atoms with Crippen LogP contribution in [0.2, 0.25) is 0 Å². The fourth-order valence-corrected chi connectivity index (χ4v) is 4.22. The Hall–Kier alpha value is -2.14. The van der Waals surface area contributed by atoms with Crippen LogP contribution in [0.1, 0.15) is 51.1 Å². The van der Waals surface area contributed by atoms with Crippen LogP contribution in [-0.4, -0.2) is 47.7 Å². The lowest BCUT2D eigenvalue weighted by Gasteiger charge is -2.29. The van der Waals surface area contributed by atoms with Gasteiger partial charge in [-0.15, -0.1) is 0 Å². The smallest absolute Gasteiger partial charge is 0.222 e. The maximum atomic E-state index is 12.5. The number of aryl methyl sites for hydroxylation is 1. The lowest BCUT2D eigenvalue weighted by atomic mass is 9.84. The van der Waals surface area contributed by atoms with Gasteiger partial charge in [-0.2, -0.15) is 5.10 Å². The zero-order valence-electron chi connectivity index (χ0n) is 18.0. The molecule has 1 unspecified atom stereocenters. The van der Waals surface area contributed by atoms with Gasteiger partial charge < -0.3 is 10.2 Å². The van der Waals surface area contributed by atoms with E-state index in [2.05, 4.69) is 40.6 Å². The summed E-state index contributed by atoms with van der Waals surface area (Å²) in [4.78, 5) is 14.4. The Bertz CT molecular complexity index is 736. The molecular weight excluding hydrogens is 360 g/mol. The summed E-state index contributed by atoms with van der Waals surface area (Å²) in [5, 5.41) is 11.0. The minimum absolute atomic E-state index is 0.303. The second-order valence-corrected chi connectivity index (χ2v) is 8.54. The molecule has 5 nitrogen and oxygen atoms in total. The van der Waals surface area contributed by atoms with Crippen molar-refractivity contribution < 1.29 is 4.79 Å². The van der Waals surface area contributed by atoms with Gasteiger partial charge in [0.2, 0.25) is 5.91 Å². The second kappa shape index (κ2) is 11.1. The monoisotopic (exact) mass is 396 g/mol. The second-order valence-electron chi connectivity index (χ2n) is 8.54. The minimum atomic E-state index is 0.303. The Morgan fingerprint density at radius 3 is 2.69 bits per heavy atom. The molecule has 158 valence electrons. The van der Waals surface area contributed by atoms with Crippen LogP contribution in [0.3, 0.4) is 0 Å². The molecule has 2 heterocycles. The molecule has 1 saturated heterocycles. The molecule has 1 fully saturated rings. The molecule has 1 aromatic carbocycles. The molecule has 0 radical (unpaired) electrons. The van der Waals surface area contributed by atoms with Gasteiger partial charge >= 0.3 is 0 Å². The summed E-state index contributed by atoms with van der Waals surface area (Å²) < 4.78 is 0. The van der Waals surface area contributed by atoms with Crippen LogP contribution >= 0.6 is 0 Å². The third kappa shape index (κ3) is 6.70. The number of carbonyl (C=O) groups is 1. The van der Waals surface area contributed by atoms with Crippen molar-refractivity contribution in [2.75, 3.05) is 26.7 Å². The third-order valence-corrected chi connectivity index (χ3v) is 6.25. The Morgan fingerprint density at radius 2 is 1.93 bits per heavy atom. The summed E-state index contributed by atoms with van der Waals surface area (Å²) in [5.41, 5.74) is 3.34. The van der Waals surface area contributed by atoms with Crippen LogP contribution in [0.4, 0.5) is 0 Å². The minimum Gasteiger partial charge on any atom is -0.346 e. The van der Waals surface area contributed by atoms with Gasteiger partial charge in [-0.25, -0.2) is 0 Å².